The van der Waals surface area contributed by atoms with Crippen LogP contribution >= 0.6 is 11.6 Å². The standard InChI is InChI=1S/C13H13ClN2O/c1-8-5-12(17)16(7-8)11-4-3-10(6-15)13(14)9(11)2/h3-4,8H,5,7H2,1-2H3. The zero-order valence-corrected chi connectivity index (χ0v) is 10.6. The Bertz CT molecular complexity index is 519. The maximum absolute atomic E-state index is 11.8. The molecule has 1 aromatic carbocycles. The first-order chi connectivity index (χ1) is 8.04. The lowest BCUT2D eigenvalue weighted by Crippen LogP contribution is -2.25. The van der Waals surface area contributed by atoms with Crippen molar-refractivity contribution >= 4 is 23.2 Å². The van der Waals surface area contributed by atoms with Crippen LogP contribution in [0.15, 0.2) is 12.1 Å². The number of benzene rings is 1. The summed E-state index contributed by atoms with van der Waals surface area (Å²) in [5.74, 6) is 0.498. The Morgan fingerprint density at radius 1 is 1.53 bits per heavy atom. The van der Waals surface area contributed by atoms with Crippen molar-refractivity contribution in [1.29, 1.82) is 5.26 Å². The van der Waals surface area contributed by atoms with Crippen LogP contribution in [0, 0.1) is 24.2 Å². The third-order valence-corrected chi connectivity index (χ3v) is 3.57. The summed E-state index contributed by atoms with van der Waals surface area (Å²) in [6.45, 7) is 4.62. The van der Waals surface area contributed by atoms with Gasteiger partial charge in [0.15, 0.2) is 0 Å². The summed E-state index contributed by atoms with van der Waals surface area (Å²) in [5, 5.41) is 9.32. The molecule has 2 rings (SSSR count). The van der Waals surface area contributed by atoms with Gasteiger partial charge in [0.05, 0.1) is 10.6 Å². The summed E-state index contributed by atoms with van der Waals surface area (Å²) in [7, 11) is 0. The van der Waals surface area contributed by atoms with E-state index in [0.717, 1.165) is 17.8 Å². The van der Waals surface area contributed by atoms with Crippen LogP contribution in [0.4, 0.5) is 5.69 Å². The highest BCUT2D eigenvalue weighted by atomic mass is 35.5. The van der Waals surface area contributed by atoms with Crippen molar-refractivity contribution in [2.24, 2.45) is 5.92 Å². The fourth-order valence-corrected chi connectivity index (χ4v) is 2.37. The molecule has 1 aromatic rings. The summed E-state index contributed by atoms with van der Waals surface area (Å²) < 4.78 is 0. The number of rotatable bonds is 1. The van der Waals surface area contributed by atoms with Crippen LogP contribution in [0.5, 0.6) is 0 Å². The van der Waals surface area contributed by atoms with E-state index in [-0.39, 0.29) is 5.91 Å². The Hall–Kier alpha value is -1.53. The molecular weight excluding hydrogens is 236 g/mol. The van der Waals surface area contributed by atoms with E-state index in [1.807, 2.05) is 13.0 Å². The summed E-state index contributed by atoms with van der Waals surface area (Å²) >= 11 is 6.10. The normalized spacial score (nSPS) is 19.5. The molecule has 1 aliphatic heterocycles. The molecule has 0 aromatic heterocycles. The molecule has 1 amide bonds. The van der Waals surface area contributed by atoms with Gasteiger partial charge in [0.1, 0.15) is 6.07 Å². The van der Waals surface area contributed by atoms with E-state index < -0.39 is 0 Å². The first-order valence-corrected chi connectivity index (χ1v) is 5.92. The predicted octanol–water partition coefficient (Wildman–Crippen LogP) is 2.89. The lowest BCUT2D eigenvalue weighted by molar-refractivity contribution is -0.117. The SMILES string of the molecule is Cc1c(N2CC(C)CC2=O)ccc(C#N)c1Cl. The first kappa shape index (κ1) is 11.9. The van der Waals surface area contributed by atoms with Gasteiger partial charge in [-0.25, -0.2) is 0 Å². The van der Waals surface area contributed by atoms with Gasteiger partial charge in [-0.15, -0.1) is 0 Å². The van der Waals surface area contributed by atoms with Gasteiger partial charge in [0.2, 0.25) is 5.91 Å². The second-order valence-electron chi connectivity index (χ2n) is 4.50. The van der Waals surface area contributed by atoms with Crippen LogP contribution in [-0.2, 0) is 4.79 Å². The van der Waals surface area contributed by atoms with Gasteiger partial charge in [-0.05, 0) is 30.5 Å². The molecule has 0 spiro atoms. The highest BCUT2D eigenvalue weighted by Gasteiger charge is 2.29. The largest absolute Gasteiger partial charge is 0.312 e. The fraction of sp³-hybridized carbons (Fsp3) is 0.385. The molecule has 0 radical (unpaired) electrons. The summed E-state index contributed by atoms with van der Waals surface area (Å²) in [6.07, 6.45) is 0.580. The van der Waals surface area contributed by atoms with E-state index in [1.54, 1.807) is 17.0 Å². The number of hydrogen-bond acceptors (Lipinski definition) is 2. The smallest absolute Gasteiger partial charge is 0.227 e. The van der Waals surface area contributed by atoms with Gasteiger partial charge in [-0.1, -0.05) is 18.5 Å². The molecule has 1 atom stereocenters. The van der Waals surface area contributed by atoms with Gasteiger partial charge in [0.25, 0.3) is 0 Å². The Kier molecular flexibility index (Phi) is 3.08. The van der Waals surface area contributed by atoms with Gasteiger partial charge < -0.3 is 4.90 Å². The van der Waals surface area contributed by atoms with Gasteiger partial charge in [-0.2, -0.15) is 5.26 Å². The molecule has 0 saturated carbocycles. The van der Waals surface area contributed by atoms with Crippen LogP contribution in [0.2, 0.25) is 5.02 Å². The molecule has 4 heteroatoms. The number of amides is 1. The van der Waals surface area contributed by atoms with Gasteiger partial charge in [-0.3, -0.25) is 4.79 Å². The molecule has 1 heterocycles. The number of hydrogen-bond donors (Lipinski definition) is 0. The van der Waals surface area contributed by atoms with Gasteiger partial charge in [0, 0.05) is 18.7 Å². The van der Waals surface area contributed by atoms with Crippen molar-refractivity contribution in [3.63, 3.8) is 0 Å². The highest BCUT2D eigenvalue weighted by molar-refractivity contribution is 6.33. The molecule has 3 nitrogen and oxygen atoms in total. The topological polar surface area (TPSA) is 44.1 Å². The van der Waals surface area contributed by atoms with Crippen molar-refractivity contribution in [1.82, 2.24) is 0 Å². The Labute approximate surface area is 106 Å². The Morgan fingerprint density at radius 2 is 2.24 bits per heavy atom. The minimum Gasteiger partial charge on any atom is -0.312 e. The summed E-state index contributed by atoms with van der Waals surface area (Å²) in [4.78, 5) is 13.6. The maximum atomic E-state index is 11.8. The minimum atomic E-state index is 0.126. The molecule has 1 fully saturated rings. The molecule has 88 valence electrons. The van der Waals surface area contributed by atoms with Crippen molar-refractivity contribution in [3.8, 4) is 6.07 Å². The number of nitriles is 1. The molecule has 17 heavy (non-hydrogen) atoms. The Balaban J connectivity index is 2.45. The van der Waals surface area contributed by atoms with E-state index in [9.17, 15) is 4.79 Å². The van der Waals surface area contributed by atoms with E-state index in [4.69, 9.17) is 16.9 Å². The predicted molar refractivity (Wildman–Crippen MR) is 67.0 cm³/mol. The molecule has 0 aliphatic carbocycles. The third kappa shape index (κ3) is 2.01. The van der Waals surface area contributed by atoms with Crippen LogP contribution in [-0.4, -0.2) is 12.5 Å². The van der Waals surface area contributed by atoms with Crippen LogP contribution in [0.25, 0.3) is 0 Å². The average molecular weight is 249 g/mol. The third-order valence-electron chi connectivity index (χ3n) is 3.09. The van der Waals surface area contributed by atoms with E-state index in [1.165, 1.54) is 0 Å². The first-order valence-electron chi connectivity index (χ1n) is 5.54. The maximum Gasteiger partial charge on any atom is 0.227 e. The number of carbonyl (C=O) groups is 1. The van der Waals surface area contributed by atoms with Crippen LogP contribution < -0.4 is 4.90 Å². The van der Waals surface area contributed by atoms with Crippen molar-refractivity contribution in [3.05, 3.63) is 28.3 Å². The Morgan fingerprint density at radius 3 is 2.76 bits per heavy atom. The summed E-state index contributed by atoms with van der Waals surface area (Å²) in [6, 6.07) is 5.51. The minimum absolute atomic E-state index is 0.126. The molecule has 1 aliphatic rings. The van der Waals surface area contributed by atoms with E-state index >= 15 is 0 Å². The van der Waals surface area contributed by atoms with Gasteiger partial charge >= 0.3 is 0 Å². The molecule has 1 unspecified atom stereocenters. The molecule has 0 N–H and O–H groups in total. The number of nitrogens with zero attached hydrogens (tertiary/aromatic N) is 2. The molecule has 0 bridgehead atoms. The zero-order chi connectivity index (χ0) is 12.6. The number of halogens is 1. The highest BCUT2D eigenvalue weighted by Crippen LogP contribution is 2.33. The molecule has 1 saturated heterocycles. The second kappa shape index (κ2) is 4.38. The molecular formula is C13H13ClN2O. The van der Waals surface area contributed by atoms with Crippen LogP contribution in [0.1, 0.15) is 24.5 Å². The van der Waals surface area contributed by atoms with E-state index in [0.29, 0.717) is 22.9 Å². The van der Waals surface area contributed by atoms with Crippen molar-refractivity contribution in [2.75, 3.05) is 11.4 Å². The average Bonchev–Trinajstić information content (AvgIpc) is 2.62. The number of carbonyl (C=O) groups excluding carboxylic acids is 1. The van der Waals surface area contributed by atoms with E-state index in [2.05, 4.69) is 6.92 Å². The van der Waals surface area contributed by atoms with Crippen molar-refractivity contribution in [2.45, 2.75) is 20.3 Å². The summed E-state index contributed by atoms with van der Waals surface area (Å²) in [5.41, 5.74) is 2.07. The lowest BCUT2D eigenvalue weighted by Gasteiger charge is -2.19. The quantitative estimate of drug-likeness (QED) is 0.767. The fourth-order valence-electron chi connectivity index (χ4n) is 2.17. The zero-order valence-electron chi connectivity index (χ0n) is 9.83. The number of anilines is 1. The van der Waals surface area contributed by atoms with Crippen molar-refractivity contribution < 1.29 is 4.79 Å². The lowest BCUT2D eigenvalue weighted by atomic mass is 10.1. The monoisotopic (exact) mass is 248 g/mol. The second-order valence-corrected chi connectivity index (χ2v) is 4.87. The van der Waals surface area contributed by atoms with Crippen LogP contribution in [0.3, 0.4) is 0 Å².